The molecule has 1 heterocycles. The highest BCUT2D eigenvalue weighted by atomic mass is 28.4. The summed E-state index contributed by atoms with van der Waals surface area (Å²) in [5.74, 6) is 0. The maximum absolute atomic E-state index is 9.31. The monoisotopic (exact) mass is 493 g/mol. The molecule has 1 aliphatic heterocycles. The zero-order chi connectivity index (χ0) is 23.5. The summed E-state index contributed by atoms with van der Waals surface area (Å²) >= 11 is 0. The fourth-order valence-electron chi connectivity index (χ4n) is 3.08. The summed E-state index contributed by atoms with van der Waals surface area (Å²) in [6.07, 6.45) is -1.84. The minimum atomic E-state index is -1.99. The molecule has 0 aliphatic carbocycles. The highest BCUT2D eigenvalue weighted by molar-refractivity contribution is 6.71. The number of azide groups is 1. The molecule has 0 radical (unpaired) electrons. The van der Waals surface area contributed by atoms with E-state index in [2.05, 4.69) is 88.6 Å². The molecule has 12 heteroatoms. The molecule has 0 aromatic heterocycles. The minimum Gasteiger partial charge on any atom is -0.415 e. The SMILES string of the molecule is C[Si](C)(C)OC[C@H]1OC(O[Si](C)(C)C)[C@H](N=[N+]=[N-])[C@@H](O[Si](C)(C)C)[C@@H]1O[Si](C)(C)C. The predicted octanol–water partition coefficient (Wildman–Crippen LogP) is 5.53. The van der Waals surface area contributed by atoms with Gasteiger partial charge in [-0.3, -0.25) is 0 Å². The fraction of sp³-hybridized carbons (Fsp3) is 1.00. The molecule has 1 aliphatic rings. The molecule has 0 aromatic carbocycles. The van der Waals surface area contributed by atoms with E-state index in [4.69, 9.17) is 22.4 Å². The fourth-order valence-corrected chi connectivity index (χ4v) is 6.83. The van der Waals surface area contributed by atoms with Crippen molar-refractivity contribution in [2.45, 2.75) is 109 Å². The summed E-state index contributed by atoms with van der Waals surface area (Å²) in [5.41, 5.74) is 9.31. The maximum atomic E-state index is 9.31. The lowest BCUT2D eigenvalue weighted by atomic mass is 9.98. The van der Waals surface area contributed by atoms with E-state index in [1.807, 2.05) is 0 Å². The van der Waals surface area contributed by atoms with Crippen molar-refractivity contribution < 1.29 is 22.4 Å². The van der Waals surface area contributed by atoms with Gasteiger partial charge in [-0.2, -0.15) is 0 Å². The number of hydrogen-bond acceptors (Lipinski definition) is 6. The minimum absolute atomic E-state index is 0.351. The van der Waals surface area contributed by atoms with Crippen LogP contribution in [0.1, 0.15) is 0 Å². The lowest BCUT2D eigenvalue weighted by Crippen LogP contribution is -2.65. The van der Waals surface area contributed by atoms with Gasteiger partial charge in [-0.25, -0.2) is 0 Å². The van der Waals surface area contributed by atoms with Crippen LogP contribution in [0, 0.1) is 0 Å². The van der Waals surface area contributed by atoms with Gasteiger partial charge in [0.1, 0.15) is 12.1 Å². The first kappa shape index (κ1) is 28.0. The molecule has 176 valence electrons. The van der Waals surface area contributed by atoms with Crippen LogP contribution in [-0.4, -0.2) is 70.5 Å². The van der Waals surface area contributed by atoms with Gasteiger partial charge in [0, 0.05) is 4.91 Å². The molecule has 0 amide bonds. The molecular weight excluding hydrogens is 451 g/mol. The normalized spacial score (nSPS) is 28.9. The molecule has 1 fully saturated rings. The molecule has 0 aromatic rings. The standard InChI is InChI=1S/C18H43N3O5Si4/c1-27(2,3)22-13-14-16(24-28(4,5)6)17(25-29(7,8)9)15(20-21-19)18(23-14)26-30(10,11)12/h14-18H,13H2,1-12H3/t14-,15-,16-,17-,18?/m1/s1. The zero-order valence-corrected chi connectivity index (χ0v) is 25.0. The smallest absolute Gasteiger partial charge is 0.187 e. The topological polar surface area (TPSA) is 94.9 Å². The summed E-state index contributed by atoms with van der Waals surface area (Å²) in [5, 5.41) is 4.09. The van der Waals surface area contributed by atoms with E-state index in [1.165, 1.54) is 0 Å². The molecule has 1 unspecified atom stereocenters. The molecule has 0 N–H and O–H groups in total. The van der Waals surface area contributed by atoms with Gasteiger partial charge in [-0.05, 0) is 84.1 Å². The Balaban J connectivity index is 3.43. The van der Waals surface area contributed by atoms with Crippen molar-refractivity contribution in [3.05, 3.63) is 10.4 Å². The summed E-state index contributed by atoms with van der Waals surface area (Å²) in [6.45, 7) is 26.0. The van der Waals surface area contributed by atoms with E-state index in [-0.39, 0.29) is 12.2 Å². The lowest BCUT2D eigenvalue weighted by Gasteiger charge is -2.49. The van der Waals surface area contributed by atoms with E-state index < -0.39 is 51.7 Å². The average molecular weight is 494 g/mol. The van der Waals surface area contributed by atoms with E-state index in [0.29, 0.717) is 6.61 Å². The zero-order valence-electron chi connectivity index (χ0n) is 21.0. The van der Waals surface area contributed by atoms with Gasteiger partial charge in [0.2, 0.25) is 0 Å². The average Bonchev–Trinajstić information content (AvgIpc) is 2.46. The Hall–Kier alpha value is -0.0225. The van der Waals surface area contributed by atoms with E-state index >= 15 is 0 Å². The lowest BCUT2D eigenvalue weighted by molar-refractivity contribution is -0.233. The number of nitrogens with zero attached hydrogens (tertiary/aromatic N) is 3. The third kappa shape index (κ3) is 10.5. The van der Waals surface area contributed by atoms with Crippen LogP contribution in [0.3, 0.4) is 0 Å². The van der Waals surface area contributed by atoms with Crippen molar-refractivity contribution in [1.29, 1.82) is 0 Å². The molecule has 0 saturated carbocycles. The van der Waals surface area contributed by atoms with Crippen molar-refractivity contribution >= 4 is 33.3 Å². The second kappa shape index (κ2) is 10.3. The Labute approximate surface area is 187 Å². The Kier molecular flexibility index (Phi) is 9.60. The molecule has 0 spiro atoms. The molecule has 5 atom stereocenters. The molecule has 1 saturated heterocycles. The first-order valence-corrected chi connectivity index (χ1v) is 24.3. The van der Waals surface area contributed by atoms with Gasteiger partial charge in [-0.15, -0.1) is 0 Å². The molecule has 30 heavy (non-hydrogen) atoms. The van der Waals surface area contributed by atoms with Crippen LogP contribution in [0.25, 0.3) is 10.4 Å². The first-order chi connectivity index (χ1) is 13.3. The Morgan fingerprint density at radius 3 is 1.60 bits per heavy atom. The van der Waals surface area contributed by atoms with Crippen molar-refractivity contribution in [1.82, 2.24) is 0 Å². The van der Waals surface area contributed by atoms with Crippen molar-refractivity contribution in [3.8, 4) is 0 Å². The third-order valence-electron chi connectivity index (χ3n) is 3.93. The maximum Gasteiger partial charge on any atom is 0.187 e. The van der Waals surface area contributed by atoms with E-state index in [0.717, 1.165) is 0 Å². The van der Waals surface area contributed by atoms with Gasteiger partial charge in [0.05, 0.1) is 18.8 Å². The van der Waals surface area contributed by atoms with Crippen LogP contribution in [0.5, 0.6) is 0 Å². The van der Waals surface area contributed by atoms with Crippen LogP contribution in [0.15, 0.2) is 5.11 Å². The van der Waals surface area contributed by atoms with Gasteiger partial charge in [-0.1, -0.05) is 5.11 Å². The molecule has 1 rings (SSSR count). The van der Waals surface area contributed by atoms with Crippen molar-refractivity contribution in [2.24, 2.45) is 5.11 Å². The Morgan fingerprint density at radius 1 is 0.733 bits per heavy atom. The molecular formula is C18H43N3O5Si4. The summed E-state index contributed by atoms with van der Waals surface area (Å²) in [7, 11) is -7.69. The Bertz CT molecular complexity index is 607. The van der Waals surface area contributed by atoms with Crippen molar-refractivity contribution in [2.75, 3.05) is 6.61 Å². The Morgan fingerprint density at radius 2 is 1.20 bits per heavy atom. The van der Waals surface area contributed by atoms with Gasteiger partial charge in [0.15, 0.2) is 39.6 Å². The van der Waals surface area contributed by atoms with Gasteiger partial charge in [0.25, 0.3) is 0 Å². The van der Waals surface area contributed by atoms with Gasteiger partial charge >= 0.3 is 0 Å². The van der Waals surface area contributed by atoms with Crippen molar-refractivity contribution in [3.63, 3.8) is 0 Å². The van der Waals surface area contributed by atoms with Gasteiger partial charge < -0.3 is 22.4 Å². The van der Waals surface area contributed by atoms with Crippen LogP contribution in [-0.2, 0) is 22.4 Å². The highest BCUT2D eigenvalue weighted by Crippen LogP contribution is 2.34. The second-order valence-electron chi connectivity index (χ2n) is 11.8. The molecule has 8 nitrogen and oxygen atoms in total. The van der Waals surface area contributed by atoms with Crippen LogP contribution < -0.4 is 0 Å². The third-order valence-corrected chi connectivity index (χ3v) is 7.86. The summed E-state index contributed by atoms with van der Waals surface area (Å²) in [6, 6.07) is -0.613. The van der Waals surface area contributed by atoms with E-state index in [9.17, 15) is 5.53 Å². The van der Waals surface area contributed by atoms with Crippen LogP contribution in [0.2, 0.25) is 78.6 Å². The number of hydrogen-bond donors (Lipinski definition) is 0. The largest absolute Gasteiger partial charge is 0.415 e. The highest BCUT2D eigenvalue weighted by Gasteiger charge is 2.51. The van der Waals surface area contributed by atoms with Crippen LogP contribution in [0.4, 0.5) is 0 Å². The quantitative estimate of drug-likeness (QED) is 0.172. The van der Waals surface area contributed by atoms with Crippen LogP contribution >= 0.6 is 0 Å². The second-order valence-corrected chi connectivity index (χ2v) is 29.7. The predicted molar refractivity (Wildman–Crippen MR) is 132 cm³/mol. The number of ether oxygens (including phenoxy) is 1. The van der Waals surface area contributed by atoms with E-state index in [1.54, 1.807) is 0 Å². The molecule has 0 bridgehead atoms. The summed E-state index contributed by atoms with van der Waals surface area (Å²) < 4.78 is 32.1. The summed E-state index contributed by atoms with van der Waals surface area (Å²) in [4.78, 5) is 3.11. The number of rotatable bonds is 10. The first-order valence-electron chi connectivity index (χ1n) is 10.7.